The van der Waals surface area contributed by atoms with Crippen molar-refractivity contribution in [3.05, 3.63) is 66.4 Å². The fourth-order valence-electron chi connectivity index (χ4n) is 2.47. The molecule has 0 aliphatic rings. The quantitative estimate of drug-likeness (QED) is 0.754. The maximum Gasteiger partial charge on any atom is 0.219 e. The molecule has 3 aromatic rings. The molecule has 4 nitrogen and oxygen atoms in total. The van der Waals surface area contributed by atoms with Gasteiger partial charge in [0.15, 0.2) is 0 Å². The van der Waals surface area contributed by atoms with Crippen LogP contribution < -0.4 is 5.32 Å². The highest BCUT2D eigenvalue weighted by Crippen LogP contribution is 2.25. The van der Waals surface area contributed by atoms with Gasteiger partial charge in [-0.3, -0.25) is 9.89 Å². The van der Waals surface area contributed by atoms with E-state index in [4.69, 9.17) is 0 Å². The first-order valence-corrected chi connectivity index (χ1v) is 7.72. The van der Waals surface area contributed by atoms with E-state index in [0.29, 0.717) is 13.0 Å². The van der Waals surface area contributed by atoms with Crippen LogP contribution >= 0.6 is 0 Å². The van der Waals surface area contributed by atoms with Crippen LogP contribution in [0.5, 0.6) is 0 Å². The van der Waals surface area contributed by atoms with Crippen molar-refractivity contribution in [1.29, 1.82) is 0 Å². The van der Waals surface area contributed by atoms with Crippen molar-refractivity contribution in [3.8, 4) is 22.4 Å². The van der Waals surface area contributed by atoms with E-state index < -0.39 is 0 Å². The smallest absolute Gasteiger partial charge is 0.219 e. The maximum absolute atomic E-state index is 11.4. The third-order valence-corrected chi connectivity index (χ3v) is 3.75. The first-order valence-electron chi connectivity index (χ1n) is 7.72. The zero-order valence-corrected chi connectivity index (χ0v) is 13.0. The van der Waals surface area contributed by atoms with Crippen molar-refractivity contribution in [2.75, 3.05) is 0 Å². The average molecular weight is 305 g/mol. The Kier molecular flexibility index (Phi) is 4.52. The lowest BCUT2D eigenvalue weighted by atomic mass is 10.00. The van der Waals surface area contributed by atoms with Gasteiger partial charge in [-0.15, -0.1) is 0 Å². The lowest BCUT2D eigenvalue weighted by molar-refractivity contribution is -0.120. The molecule has 0 atom stereocenters. The number of carbonyl (C=O) groups excluding carboxylic acids is 1. The number of amides is 1. The van der Waals surface area contributed by atoms with E-state index in [0.717, 1.165) is 27.9 Å². The van der Waals surface area contributed by atoms with Crippen LogP contribution in [-0.2, 0) is 11.3 Å². The van der Waals surface area contributed by atoms with Gasteiger partial charge < -0.3 is 5.32 Å². The lowest BCUT2D eigenvalue weighted by Gasteiger charge is -2.08. The number of benzene rings is 2. The van der Waals surface area contributed by atoms with Crippen LogP contribution in [0, 0.1) is 0 Å². The number of aromatic amines is 1. The molecule has 0 aliphatic heterocycles. The fraction of sp³-hybridized carbons (Fsp3) is 0.158. The Morgan fingerprint density at radius 2 is 1.78 bits per heavy atom. The number of hydrogen-bond donors (Lipinski definition) is 2. The lowest BCUT2D eigenvalue weighted by Crippen LogP contribution is -2.21. The summed E-state index contributed by atoms with van der Waals surface area (Å²) in [6.45, 7) is 2.41. The molecule has 1 heterocycles. The molecule has 4 heteroatoms. The van der Waals surface area contributed by atoms with Crippen LogP contribution in [-0.4, -0.2) is 16.1 Å². The van der Waals surface area contributed by atoms with Gasteiger partial charge in [0.2, 0.25) is 5.91 Å². The van der Waals surface area contributed by atoms with Crippen molar-refractivity contribution < 1.29 is 4.79 Å². The van der Waals surface area contributed by atoms with Crippen molar-refractivity contribution in [3.63, 3.8) is 0 Å². The summed E-state index contributed by atoms with van der Waals surface area (Å²) in [4.78, 5) is 11.4. The highest BCUT2D eigenvalue weighted by atomic mass is 16.1. The minimum atomic E-state index is 0.0663. The molecule has 23 heavy (non-hydrogen) atoms. The van der Waals surface area contributed by atoms with Crippen molar-refractivity contribution >= 4 is 5.91 Å². The second kappa shape index (κ2) is 6.92. The molecule has 0 saturated carbocycles. The van der Waals surface area contributed by atoms with Gasteiger partial charge in [-0.25, -0.2) is 0 Å². The summed E-state index contributed by atoms with van der Waals surface area (Å²) in [6.07, 6.45) is 2.25. The Labute approximate surface area is 135 Å². The molecular weight excluding hydrogens is 286 g/mol. The van der Waals surface area contributed by atoms with E-state index >= 15 is 0 Å². The monoisotopic (exact) mass is 305 g/mol. The second-order valence-electron chi connectivity index (χ2n) is 5.38. The van der Waals surface area contributed by atoms with E-state index in [1.807, 2.05) is 31.2 Å². The molecule has 0 unspecified atom stereocenters. The van der Waals surface area contributed by atoms with Crippen LogP contribution in [0.2, 0.25) is 0 Å². The standard InChI is InChI=1S/C19H19N3O/c1-2-19(23)20-13-14-5-3-6-15(11-14)16-7-4-8-17(12-16)18-9-10-21-22-18/h3-12H,2,13H2,1H3,(H,20,23)(H,21,22). The van der Waals surface area contributed by atoms with Crippen molar-refractivity contribution in [2.24, 2.45) is 0 Å². The van der Waals surface area contributed by atoms with Crippen LogP contribution in [0.15, 0.2) is 60.8 Å². The number of carbonyl (C=O) groups is 1. The van der Waals surface area contributed by atoms with Crippen molar-refractivity contribution in [1.82, 2.24) is 15.5 Å². The summed E-state index contributed by atoms with van der Waals surface area (Å²) in [6, 6.07) is 18.5. The first-order chi connectivity index (χ1) is 11.3. The largest absolute Gasteiger partial charge is 0.352 e. The molecule has 2 aromatic carbocycles. The summed E-state index contributed by atoms with van der Waals surface area (Å²) in [5.74, 6) is 0.0663. The van der Waals surface area contributed by atoms with E-state index in [1.165, 1.54) is 0 Å². The third kappa shape index (κ3) is 3.66. The Bertz CT molecular complexity index is 794. The summed E-state index contributed by atoms with van der Waals surface area (Å²) in [7, 11) is 0. The fourth-order valence-corrected chi connectivity index (χ4v) is 2.47. The molecule has 0 radical (unpaired) electrons. The van der Waals surface area contributed by atoms with E-state index in [9.17, 15) is 4.79 Å². The van der Waals surface area contributed by atoms with Crippen LogP contribution in [0.4, 0.5) is 0 Å². The molecule has 116 valence electrons. The van der Waals surface area contributed by atoms with Crippen LogP contribution in [0.3, 0.4) is 0 Å². The van der Waals surface area contributed by atoms with Crippen LogP contribution in [0.25, 0.3) is 22.4 Å². The Balaban J connectivity index is 1.84. The minimum Gasteiger partial charge on any atom is -0.352 e. The highest BCUT2D eigenvalue weighted by molar-refractivity contribution is 5.75. The molecule has 0 saturated heterocycles. The summed E-state index contributed by atoms with van der Waals surface area (Å²) in [5, 5.41) is 9.89. The summed E-state index contributed by atoms with van der Waals surface area (Å²) < 4.78 is 0. The number of nitrogens with one attached hydrogen (secondary N) is 2. The topological polar surface area (TPSA) is 57.8 Å². The predicted molar refractivity (Wildman–Crippen MR) is 91.6 cm³/mol. The summed E-state index contributed by atoms with van der Waals surface area (Å²) in [5.41, 5.74) is 5.47. The number of nitrogens with zero attached hydrogens (tertiary/aromatic N) is 1. The average Bonchev–Trinajstić information content (AvgIpc) is 3.15. The summed E-state index contributed by atoms with van der Waals surface area (Å²) >= 11 is 0. The molecular formula is C19H19N3O. The molecule has 0 spiro atoms. The van der Waals surface area contributed by atoms with Crippen molar-refractivity contribution in [2.45, 2.75) is 19.9 Å². The molecule has 0 aliphatic carbocycles. The molecule has 1 aromatic heterocycles. The zero-order valence-electron chi connectivity index (χ0n) is 13.0. The van der Waals surface area contributed by atoms with Gasteiger partial charge in [0.1, 0.15) is 0 Å². The van der Waals surface area contributed by atoms with Gasteiger partial charge in [0, 0.05) is 24.7 Å². The molecule has 0 fully saturated rings. The number of hydrogen-bond acceptors (Lipinski definition) is 2. The van der Waals surface area contributed by atoms with Crippen LogP contribution in [0.1, 0.15) is 18.9 Å². The van der Waals surface area contributed by atoms with Gasteiger partial charge in [-0.05, 0) is 34.9 Å². The first kappa shape index (κ1) is 15.0. The molecule has 2 N–H and O–H groups in total. The van der Waals surface area contributed by atoms with Gasteiger partial charge in [-0.1, -0.05) is 43.3 Å². The third-order valence-electron chi connectivity index (χ3n) is 3.75. The molecule has 1 amide bonds. The second-order valence-corrected chi connectivity index (χ2v) is 5.38. The van der Waals surface area contributed by atoms with Gasteiger partial charge >= 0.3 is 0 Å². The Hall–Kier alpha value is -2.88. The molecule has 0 bridgehead atoms. The van der Waals surface area contributed by atoms with E-state index in [2.05, 4.69) is 45.8 Å². The van der Waals surface area contributed by atoms with Gasteiger partial charge in [0.25, 0.3) is 0 Å². The normalized spacial score (nSPS) is 10.5. The van der Waals surface area contributed by atoms with E-state index in [1.54, 1.807) is 6.20 Å². The number of aromatic nitrogens is 2. The van der Waals surface area contributed by atoms with E-state index in [-0.39, 0.29) is 5.91 Å². The van der Waals surface area contributed by atoms with Gasteiger partial charge in [0.05, 0.1) is 5.69 Å². The Morgan fingerprint density at radius 1 is 1.04 bits per heavy atom. The Morgan fingerprint density at radius 3 is 2.52 bits per heavy atom. The predicted octanol–water partition coefficient (Wildman–Crippen LogP) is 3.77. The number of rotatable bonds is 5. The maximum atomic E-state index is 11.4. The molecule has 3 rings (SSSR count). The highest BCUT2D eigenvalue weighted by Gasteiger charge is 2.04. The minimum absolute atomic E-state index is 0.0663. The number of H-pyrrole nitrogens is 1. The van der Waals surface area contributed by atoms with Gasteiger partial charge in [-0.2, -0.15) is 5.10 Å². The zero-order chi connectivity index (χ0) is 16.1. The SMILES string of the molecule is CCC(=O)NCc1cccc(-c2cccc(-c3ccn[nH]3)c2)c1.